The van der Waals surface area contributed by atoms with Gasteiger partial charge >= 0.3 is 0 Å². The third-order valence-electron chi connectivity index (χ3n) is 4.42. The molecule has 2 unspecified atom stereocenters. The van der Waals surface area contributed by atoms with E-state index in [2.05, 4.69) is 37.9 Å². The Kier molecular flexibility index (Phi) is 7.92. The van der Waals surface area contributed by atoms with Crippen molar-refractivity contribution < 1.29 is 0 Å². The minimum atomic E-state index is 0.727. The van der Waals surface area contributed by atoms with Crippen molar-refractivity contribution in [2.75, 3.05) is 26.2 Å². The number of likely N-dealkylation sites (tertiary alicyclic amines) is 1. The maximum atomic E-state index is 3.54. The lowest BCUT2D eigenvalue weighted by Crippen LogP contribution is -2.46. The first-order valence-corrected chi connectivity index (χ1v) is 8.13. The van der Waals surface area contributed by atoms with Crippen LogP contribution in [0.3, 0.4) is 0 Å². The van der Waals surface area contributed by atoms with E-state index in [0.717, 1.165) is 31.0 Å². The molecule has 1 heterocycles. The van der Waals surface area contributed by atoms with E-state index in [9.17, 15) is 0 Å². The Morgan fingerprint density at radius 1 is 1.17 bits per heavy atom. The van der Waals surface area contributed by atoms with Crippen molar-refractivity contribution in [3.63, 3.8) is 0 Å². The lowest BCUT2D eigenvalue weighted by Gasteiger charge is -2.34. The van der Waals surface area contributed by atoms with Crippen molar-refractivity contribution in [3.8, 4) is 0 Å². The van der Waals surface area contributed by atoms with Gasteiger partial charge in [-0.3, -0.25) is 4.90 Å². The molecule has 1 aliphatic rings. The molecular formula is C16H34N2. The van der Waals surface area contributed by atoms with Gasteiger partial charge < -0.3 is 5.32 Å². The SMILES string of the molecule is CCCC1CCCN(C(CNCC)C(C)C)CC1. The van der Waals surface area contributed by atoms with Gasteiger partial charge in [0.25, 0.3) is 0 Å². The van der Waals surface area contributed by atoms with Crippen LogP contribution in [0.5, 0.6) is 0 Å². The van der Waals surface area contributed by atoms with Crippen molar-refractivity contribution in [1.29, 1.82) is 0 Å². The fourth-order valence-electron chi connectivity index (χ4n) is 3.29. The van der Waals surface area contributed by atoms with E-state index in [4.69, 9.17) is 0 Å². The molecule has 108 valence electrons. The monoisotopic (exact) mass is 254 g/mol. The van der Waals surface area contributed by atoms with Gasteiger partial charge in [-0.05, 0) is 50.7 Å². The van der Waals surface area contributed by atoms with Crippen LogP contribution in [0.25, 0.3) is 0 Å². The summed E-state index contributed by atoms with van der Waals surface area (Å²) in [7, 11) is 0. The summed E-state index contributed by atoms with van der Waals surface area (Å²) < 4.78 is 0. The number of hydrogen-bond acceptors (Lipinski definition) is 2. The average Bonchev–Trinajstić information content (AvgIpc) is 2.56. The number of nitrogens with one attached hydrogen (secondary N) is 1. The molecule has 0 aromatic heterocycles. The van der Waals surface area contributed by atoms with E-state index in [0.29, 0.717) is 0 Å². The summed E-state index contributed by atoms with van der Waals surface area (Å²) in [6.07, 6.45) is 7.07. The molecule has 1 aliphatic heterocycles. The van der Waals surface area contributed by atoms with E-state index >= 15 is 0 Å². The largest absolute Gasteiger partial charge is 0.315 e. The minimum Gasteiger partial charge on any atom is -0.315 e. The standard InChI is InChI=1S/C16H34N2/c1-5-8-15-9-7-11-18(12-10-15)16(14(3)4)13-17-6-2/h14-17H,5-13H2,1-4H3. The Balaban J connectivity index is 2.47. The van der Waals surface area contributed by atoms with Crippen molar-refractivity contribution in [2.45, 2.75) is 65.8 Å². The van der Waals surface area contributed by atoms with E-state index in [1.54, 1.807) is 0 Å². The smallest absolute Gasteiger partial charge is 0.0243 e. The third-order valence-corrected chi connectivity index (χ3v) is 4.42. The van der Waals surface area contributed by atoms with Gasteiger partial charge in [-0.2, -0.15) is 0 Å². The van der Waals surface area contributed by atoms with E-state index < -0.39 is 0 Å². The Morgan fingerprint density at radius 2 is 1.94 bits per heavy atom. The van der Waals surface area contributed by atoms with Gasteiger partial charge in [0, 0.05) is 12.6 Å². The molecule has 0 spiro atoms. The summed E-state index contributed by atoms with van der Waals surface area (Å²) in [5.74, 6) is 1.75. The lowest BCUT2D eigenvalue weighted by molar-refractivity contribution is 0.155. The molecular weight excluding hydrogens is 220 g/mol. The first-order chi connectivity index (χ1) is 8.69. The van der Waals surface area contributed by atoms with Gasteiger partial charge in [0.15, 0.2) is 0 Å². The quantitative estimate of drug-likeness (QED) is 0.748. The first-order valence-electron chi connectivity index (χ1n) is 8.13. The molecule has 0 aromatic rings. The van der Waals surface area contributed by atoms with Crippen LogP contribution in [0.15, 0.2) is 0 Å². The maximum absolute atomic E-state index is 3.54. The molecule has 18 heavy (non-hydrogen) atoms. The van der Waals surface area contributed by atoms with Crippen LogP contribution in [0, 0.1) is 11.8 Å². The van der Waals surface area contributed by atoms with Crippen LogP contribution in [0.2, 0.25) is 0 Å². The van der Waals surface area contributed by atoms with Crippen molar-refractivity contribution in [2.24, 2.45) is 11.8 Å². The van der Waals surface area contributed by atoms with Gasteiger partial charge in [-0.25, -0.2) is 0 Å². The summed E-state index contributed by atoms with van der Waals surface area (Å²) in [6.45, 7) is 14.2. The van der Waals surface area contributed by atoms with Gasteiger partial charge in [-0.1, -0.05) is 40.5 Å². The summed E-state index contributed by atoms with van der Waals surface area (Å²) >= 11 is 0. The zero-order valence-electron chi connectivity index (χ0n) is 13.0. The second-order valence-corrected chi connectivity index (χ2v) is 6.24. The molecule has 1 fully saturated rings. The second kappa shape index (κ2) is 8.92. The third kappa shape index (κ3) is 5.27. The molecule has 2 atom stereocenters. The van der Waals surface area contributed by atoms with Crippen LogP contribution in [-0.4, -0.2) is 37.1 Å². The Labute approximate surface area is 115 Å². The van der Waals surface area contributed by atoms with Gasteiger partial charge in [-0.15, -0.1) is 0 Å². The molecule has 2 heteroatoms. The minimum absolute atomic E-state index is 0.727. The number of rotatable bonds is 7. The first kappa shape index (κ1) is 16.0. The zero-order chi connectivity index (χ0) is 13.4. The molecule has 0 bridgehead atoms. The topological polar surface area (TPSA) is 15.3 Å². The Morgan fingerprint density at radius 3 is 2.56 bits per heavy atom. The van der Waals surface area contributed by atoms with E-state index in [-0.39, 0.29) is 0 Å². The van der Waals surface area contributed by atoms with Crippen LogP contribution >= 0.6 is 0 Å². The van der Waals surface area contributed by atoms with Crippen molar-refractivity contribution >= 4 is 0 Å². The van der Waals surface area contributed by atoms with Crippen molar-refractivity contribution in [3.05, 3.63) is 0 Å². The lowest BCUT2D eigenvalue weighted by atomic mass is 9.96. The molecule has 0 radical (unpaired) electrons. The second-order valence-electron chi connectivity index (χ2n) is 6.24. The molecule has 0 saturated carbocycles. The van der Waals surface area contributed by atoms with Crippen LogP contribution in [0.4, 0.5) is 0 Å². The van der Waals surface area contributed by atoms with E-state index in [1.807, 2.05) is 0 Å². The Hall–Kier alpha value is -0.0800. The fraction of sp³-hybridized carbons (Fsp3) is 1.00. The molecule has 1 rings (SSSR count). The van der Waals surface area contributed by atoms with Crippen molar-refractivity contribution in [1.82, 2.24) is 10.2 Å². The summed E-state index contributed by atoms with van der Waals surface area (Å²) in [5, 5.41) is 3.54. The highest BCUT2D eigenvalue weighted by Gasteiger charge is 2.24. The van der Waals surface area contributed by atoms with Crippen LogP contribution < -0.4 is 5.32 Å². The predicted molar refractivity (Wildman–Crippen MR) is 81.0 cm³/mol. The summed E-state index contributed by atoms with van der Waals surface area (Å²) in [5.41, 5.74) is 0. The van der Waals surface area contributed by atoms with E-state index in [1.165, 1.54) is 45.2 Å². The molecule has 1 saturated heterocycles. The number of hydrogen-bond donors (Lipinski definition) is 1. The maximum Gasteiger partial charge on any atom is 0.0243 e. The van der Waals surface area contributed by atoms with Crippen LogP contribution in [-0.2, 0) is 0 Å². The molecule has 0 aliphatic carbocycles. The van der Waals surface area contributed by atoms with Crippen LogP contribution in [0.1, 0.15) is 59.8 Å². The highest BCUT2D eigenvalue weighted by atomic mass is 15.2. The number of nitrogens with zero attached hydrogens (tertiary/aromatic N) is 1. The number of likely N-dealkylation sites (N-methyl/N-ethyl adjacent to an activating group) is 1. The molecule has 0 amide bonds. The van der Waals surface area contributed by atoms with Gasteiger partial charge in [0.05, 0.1) is 0 Å². The Bertz CT molecular complexity index is 203. The predicted octanol–water partition coefficient (Wildman–Crippen LogP) is 3.52. The highest BCUT2D eigenvalue weighted by molar-refractivity contribution is 4.80. The summed E-state index contributed by atoms with van der Waals surface area (Å²) in [4.78, 5) is 2.75. The molecule has 1 N–H and O–H groups in total. The molecule has 2 nitrogen and oxygen atoms in total. The highest BCUT2D eigenvalue weighted by Crippen LogP contribution is 2.24. The molecule has 0 aromatic carbocycles. The average molecular weight is 254 g/mol. The fourth-order valence-corrected chi connectivity index (χ4v) is 3.29. The van der Waals surface area contributed by atoms with Gasteiger partial charge in [0.1, 0.15) is 0 Å². The summed E-state index contributed by atoms with van der Waals surface area (Å²) in [6, 6.07) is 0.727. The van der Waals surface area contributed by atoms with Gasteiger partial charge in [0.2, 0.25) is 0 Å². The normalized spacial score (nSPS) is 24.2. The zero-order valence-corrected chi connectivity index (χ0v) is 13.0.